The summed E-state index contributed by atoms with van der Waals surface area (Å²) in [6, 6.07) is 4.95. The molecule has 0 spiro atoms. The molecule has 1 aromatic heterocycles. The van der Waals surface area contributed by atoms with Gasteiger partial charge < -0.3 is 19.9 Å². The summed E-state index contributed by atoms with van der Waals surface area (Å²) in [6.07, 6.45) is 0. The number of methoxy groups -OCH3 is 2. The number of carbonyl (C=O) groups is 1. The van der Waals surface area contributed by atoms with Gasteiger partial charge in [-0.3, -0.25) is 4.79 Å². The van der Waals surface area contributed by atoms with E-state index in [1.165, 1.54) is 7.11 Å². The molecule has 6 nitrogen and oxygen atoms in total. The van der Waals surface area contributed by atoms with Crippen LogP contribution in [0.1, 0.15) is 27.2 Å². The van der Waals surface area contributed by atoms with Crippen molar-refractivity contribution in [2.24, 2.45) is 0 Å². The van der Waals surface area contributed by atoms with E-state index in [4.69, 9.17) is 9.47 Å². The Hall–Kier alpha value is -2.76. The summed E-state index contributed by atoms with van der Waals surface area (Å²) >= 11 is 0. The predicted octanol–water partition coefficient (Wildman–Crippen LogP) is 2.98. The van der Waals surface area contributed by atoms with Crippen LogP contribution in [0.5, 0.6) is 17.2 Å². The Kier molecular flexibility index (Phi) is 4.74. The fourth-order valence-corrected chi connectivity index (χ4v) is 2.21. The highest BCUT2D eigenvalue weighted by atomic mass is 16.5. The smallest absolute Gasteiger partial charge is 0.260 e. The lowest BCUT2D eigenvalue weighted by Gasteiger charge is -2.14. The molecule has 23 heavy (non-hydrogen) atoms. The van der Waals surface area contributed by atoms with Gasteiger partial charge in [-0.2, -0.15) is 0 Å². The van der Waals surface area contributed by atoms with Gasteiger partial charge in [0.25, 0.3) is 5.91 Å². The maximum absolute atomic E-state index is 12.5. The van der Waals surface area contributed by atoms with Crippen LogP contribution in [0.15, 0.2) is 18.2 Å². The molecule has 0 saturated carbocycles. The van der Waals surface area contributed by atoms with Gasteiger partial charge in [-0.05, 0) is 44.0 Å². The molecule has 2 N–H and O–H groups in total. The van der Waals surface area contributed by atoms with Crippen LogP contribution in [0.25, 0.3) is 0 Å². The molecular weight excluding hydrogens is 296 g/mol. The third kappa shape index (κ3) is 3.21. The minimum atomic E-state index is -0.343. The van der Waals surface area contributed by atoms with Gasteiger partial charge >= 0.3 is 0 Å². The van der Waals surface area contributed by atoms with E-state index in [1.807, 2.05) is 0 Å². The van der Waals surface area contributed by atoms with Crippen molar-refractivity contribution in [2.75, 3.05) is 19.5 Å². The zero-order valence-electron chi connectivity index (χ0n) is 13.9. The molecule has 2 rings (SSSR count). The number of aromatic nitrogens is 1. The monoisotopic (exact) mass is 316 g/mol. The lowest BCUT2D eigenvalue weighted by Crippen LogP contribution is -2.16. The second-order valence-corrected chi connectivity index (χ2v) is 5.16. The Bertz CT molecular complexity index is 757. The quantitative estimate of drug-likeness (QED) is 0.906. The van der Waals surface area contributed by atoms with Gasteiger partial charge in [0.05, 0.1) is 25.5 Å². The van der Waals surface area contributed by atoms with Crippen LogP contribution in [0.4, 0.5) is 5.82 Å². The fraction of sp³-hybridized carbons (Fsp3) is 0.294. The van der Waals surface area contributed by atoms with E-state index in [-0.39, 0.29) is 11.7 Å². The number of pyridine rings is 1. The van der Waals surface area contributed by atoms with Crippen molar-refractivity contribution >= 4 is 11.7 Å². The van der Waals surface area contributed by atoms with Crippen LogP contribution in [-0.4, -0.2) is 30.2 Å². The summed E-state index contributed by atoms with van der Waals surface area (Å²) in [4.78, 5) is 16.8. The Balaban J connectivity index is 2.37. The van der Waals surface area contributed by atoms with Crippen molar-refractivity contribution in [2.45, 2.75) is 20.8 Å². The molecule has 0 saturated heterocycles. The number of aromatic hydroxyl groups is 1. The Morgan fingerprint density at radius 3 is 2.43 bits per heavy atom. The first kappa shape index (κ1) is 16.6. The lowest BCUT2D eigenvalue weighted by atomic mass is 10.1. The Morgan fingerprint density at radius 1 is 1.13 bits per heavy atom. The lowest BCUT2D eigenvalue weighted by molar-refractivity contribution is 0.102. The SMILES string of the molecule is COc1ccc(C(=O)Nc2nc(C)c(O)c(C)c2C)c(OC)c1. The average molecular weight is 316 g/mol. The third-order valence-corrected chi connectivity index (χ3v) is 3.78. The van der Waals surface area contributed by atoms with Gasteiger partial charge in [-0.25, -0.2) is 4.98 Å². The van der Waals surface area contributed by atoms with Crippen LogP contribution in [-0.2, 0) is 0 Å². The number of hydrogen-bond donors (Lipinski definition) is 2. The van der Waals surface area contributed by atoms with E-state index in [0.717, 1.165) is 0 Å². The molecule has 0 unspecified atom stereocenters. The van der Waals surface area contributed by atoms with Crippen LogP contribution in [0.2, 0.25) is 0 Å². The third-order valence-electron chi connectivity index (χ3n) is 3.78. The first-order chi connectivity index (χ1) is 10.9. The van der Waals surface area contributed by atoms with Crippen LogP contribution < -0.4 is 14.8 Å². The van der Waals surface area contributed by atoms with E-state index >= 15 is 0 Å². The zero-order chi connectivity index (χ0) is 17.1. The van der Waals surface area contributed by atoms with E-state index < -0.39 is 0 Å². The minimum Gasteiger partial charge on any atom is -0.506 e. The molecule has 0 bridgehead atoms. The second kappa shape index (κ2) is 6.56. The summed E-state index contributed by atoms with van der Waals surface area (Å²) in [6.45, 7) is 5.26. The molecular formula is C17H20N2O4. The summed E-state index contributed by atoms with van der Waals surface area (Å²) in [5.74, 6) is 1.23. The number of nitrogens with zero attached hydrogens (tertiary/aromatic N) is 1. The van der Waals surface area contributed by atoms with Crippen molar-refractivity contribution < 1.29 is 19.4 Å². The van der Waals surface area contributed by atoms with Crippen molar-refractivity contribution in [1.29, 1.82) is 0 Å². The molecule has 0 aliphatic heterocycles. The molecule has 0 radical (unpaired) electrons. The summed E-state index contributed by atoms with van der Waals surface area (Å²) in [5, 5.41) is 12.7. The number of aryl methyl sites for hydroxylation is 1. The van der Waals surface area contributed by atoms with E-state index in [0.29, 0.717) is 39.7 Å². The molecule has 1 aromatic carbocycles. The molecule has 0 atom stereocenters. The maximum atomic E-state index is 12.5. The summed E-state index contributed by atoms with van der Waals surface area (Å²) < 4.78 is 10.4. The molecule has 0 fully saturated rings. The molecule has 0 aliphatic rings. The van der Waals surface area contributed by atoms with Crippen molar-refractivity contribution in [3.05, 3.63) is 40.6 Å². The molecule has 122 valence electrons. The first-order valence-electron chi connectivity index (χ1n) is 7.09. The standard InChI is InChI=1S/C17H20N2O4/c1-9-10(2)16(18-11(3)15(9)20)19-17(21)13-7-6-12(22-4)8-14(13)23-5/h6-8,20H,1-5H3,(H,18,19,21). The summed E-state index contributed by atoms with van der Waals surface area (Å²) in [7, 11) is 3.04. The maximum Gasteiger partial charge on any atom is 0.260 e. The van der Waals surface area contributed by atoms with Gasteiger partial charge in [-0.1, -0.05) is 0 Å². The number of rotatable bonds is 4. The predicted molar refractivity (Wildman–Crippen MR) is 87.6 cm³/mol. The largest absolute Gasteiger partial charge is 0.506 e. The average Bonchev–Trinajstić information content (AvgIpc) is 2.56. The van der Waals surface area contributed by atoms with Crippen molar-refractivity contribution in [3.8, 4) is 17.2 Å². The second-order valence-electron chi connectivity index (χ2n) is 5.16. The highest BCUT2D eigenvalue weighted by Crippen LogP contribution is 2.29. The Morgan fingerprint density at radius 2 is 1.83 bits per heavy atom. The van der Waals surface area contributed by atoms with E-state index in [9.17, 15) is 9.90 Å². The zero-order valence-corrected chi connectivity index (χ0v) is 13.9. The number of ether oxygens (including phenoxy) is 2. The Labute approximate surface area is 135 Å². The molecule has 0 aliphatic carbocycles. The molecule has 6 heteroatoms. The number of amides is 1. The van der Waals surface area contributed by atoms with Crippen molar-refractivity contribution in [1.82, 2.24) is 4.98 Å². The first-order valence-corrected chi connectivity index (χ1v) is 7.09. The van der Waals surface area contributed by atoms with Gasteiger partial charge in [0.1, 0.15) is 23.1 Å². The summed E-state index contributed by atoms with van der Waals surface area (Å²) in [5.41, 5.74) is 2.24. The van der Waals surface area contributed by atoms with Crippen LogP contribution in [0.3, 0.4) is 0 Å². The fourth-order valence-electron chi connectivity index (χ4n) is 2.21. The van der Waals surface area contributed by atoms with Gasteiger partial charge in [-0.15, -0.1) is 0 Å². The highest BCUT2D eigenvalue weighted by molar-refractivity contribution is 6.06. The van der Waals surface area contributed by atoms with Gasteiger partial charge in [0, 0.05) is 6.07 Å². The number of nitrogens with one attached hydrogen (secondary N) is 1. The number of benzene rings is 1. The molecule has 2 aromatic rings. The van der Waals surface area contributed by atoms with Crippen molar-refractivity contribution in [3.63, 3.8) is 0 Å². The van der Waals surface area contributed by atoms with E-state index in [2.05, 4.69) is 10.3 Å². The highest BCUT2D eigenvalue weighted by Gasteiger charge is 2.17. The van der Waals surface area contributed by atoms with Gasteiger partial charge in [0.15, 0.2) is 0 Å². The number of anilines is 1. The number of carbonyl (C=O) groups excluding carboxylic acids is 1. The van der Waals surface area contributed by atoms with Crippen LogP contribution >= 0.6 is 0 Å². The van der Waals surface area contributed by atoms with Crippen LogP contribution in [0, 0.1) is 20.8 Å². The minimum absolute atomic E-state index is 0.141. The number of hydrogen-bond acceptors (Lipinski definition) is 5. The van der Waals surface area contributed by atoms with E-state index in [1.54, 1.807) is 46.1 Å². The topological polar surface area (TPSA) is 80.7 Å². The molecule has 1 amide bonds. The normalized spacial score (nSPS) is 10.3. The molecule has 1 heterocycles. The van der Waals surface area contributed by atoms with Gasteiger partial charge in [0.2, 0.25) is 0 Å².